The van der Waals surface area contributed by atoms with Gasteiger partial charge in [0.05, 0.1) is 7.11 Å². The van der Waals surface area contributed by atoms with Gasteiger partial charge in [-0.3, -0.25) is 0 Å². The van der Waals surface area contributed by atoms with Gasteiger partial charge in [0.1, 0.15) is 10.9 Å². The monoisotopic (exact) mass is 310 g/mol. The molecule has 0 radical (unpaired) electrons. The molecule has 0 unspecified atom stereocenters. The third-order valence-electron chi connectivity index (χ3n) is 2.62. The number of nitrogens with zero attached hydrogens (tertiary/aromatic N) is 1. The highest BCUT2D eigenvalue weighted by Gasteiger charge is 2.11. The maximum Gasteiger partial charge on any atom is 0.387 e. The standard InChI is InChI=1S/C14H12F2N2O2S/c1-19-12-5-2-9(6-13(12)20-14(15)16)18-8-11-4-3-10(7-17)21-11/h2-6,14,18H,8H2,1H3. The molecule has 0 saturated heterocycles. The Morgan fingerprint density at radius 3 is 2.71 bits per heavy atom. The zero-order chi connectivity index (χ0) is 15.2. The molecule has 0 spiro atoms. The SMILES string of the molecule is COc1ccc(NCc2ccc(C#N)s2)cc1OC(F)F. The van der Waals surface area contributed by atoms with E-state index in [1.807, 2.05) is 6.07 Å². The van der Waals surface area contributed by atoms with E-state index in [-0.39, 0.29) is 11.5 Å². The molecule has 0 aliphatic carbocycles. The topological polar surface area (TPSA) is 54.3 Å². The molecule has 0 saturated carbocycles. The first-order valence-electron chi connectivity index (χ1n) is 5.98. The van der Waals surface area contributed by atoms with Gasteiger partial charge in [0.25, 0.3) is 0 Å². The number of nitriles is 1. The summed E-state index contributed by atoms with van der Waals surface area (Å²) >= 11 is 1.38. The first kappa shape index (κ1) is 15.1. The van der Waals surface area contributed by atoms with E-state index < -0.39 is 6.61 Å². The first-order chi connectivity index (χ1) is 10.1. The van der Waals surface area contributed by atoms with Crippen LogP contribution in [0.2, 0.25) is 0 Å². The number of hydrogen-bond acceptors (Lipinski definition) is 5. The molecule has 4 nitrogen and oxygen atoms in total. The molecule has 0 fully saturated rings. The number of thiophene rings is 1. The summed E-state index contributed by atoms with van der Waals surface area (Å²) in [5, 5.41) is 11.8. The minimum absolute atomic E-state index is 0.0265. The molecule has 0 atom stereocenters. The van der Waals surface area contributed by atoms with Crippen molar-refractivity contribution in [1.82, 2.24) is 0 Å². The van der Waals surface area contributed by atoms with Crippen molar-refractivity contribution in [2.45, 2.75) is 13.2 Å². The molecule has 2 rings (SSSR count). The molecule has 21 heavy (non-hydrogen) atoms. The fraction of sp³-hybridized carbons (Fsp3) is 0.214. The van der Waals surface area contributed by atoms with Crippen LogP contribution in [0, 0.1) is 11.3 Å². The Bertz CT molecular complexity index is 653. The number of methoxy groups -OCH3 is 1. The van der Waals surface area contributed by atoms with Crippen molar-refractivity contribution in [2.75, 3.05) is 12.4 Å². The van der Waals surface area contributed by atoms with E-state index in [0.29, 0.717) is 17.1 Å². The lowest BCUT2D eigenvalue weighted by atomic mass is 10.2. The Morgan fingerprint density at radius 1 is 1.29 bits per heavy atom. The van der Waals surface area contributed by atoms with Crippen LogP contribution in [0.4, 0.5) is 14.5 Å². The second-order valence-corrected chi connectivity index (χ2v) is 5.14. The van der Waals surface area contributed by atoms with E-state index in [1.54, 1.807) is 18.2 Å². The van der Waals surface area contributed by atoms with Crippen LogP contribution < -0.4 is 14.8 Å². The molecular formula is C14H12F2N2O2S. The molecule has 1 N–H and O–H groups in total. The molecule has 0 aliphatic heterocycles. The number of ether oxygens (including phenoxy) is 2. The van der Waals surface area contributed by atoms with E-state index in [9.17, 15) is 8.78 Å². The summed E-state index contributed by atoms with van der Waals surface area (Å²) in [6.07, 6.45) is 0. The molecule has 1 heterocycles. The average molecular weight is 310 g/mol. The average Bonchev–Trinajstić information content (AvgIpc) is 2.93. The second kappa shape index (κ2) is 6.90. The van der Waals surface area contributed by atoms with E-state index in [0.717, 1.165) is 4.88 Å². The van der Waals surface area contributed by atoms with Crippen LogP contribution in [0.5, 0.6) is 11.5 Å². The Labute approximate surface area is 124 Å². The highest BCUT2D eigenvalue weighted by Crippen LogP contribution is 2.31. The summed E-state index contributed by atoms with van der Waals surface area (Å²) in [5.74, 6) is 0.213. The van der Waals surface area contributed by atoms with Crippen molar-refractivity contribution in [2.24, 2.45) is 0 Å². The summed E-state index contributed by atoms with van der Waals surface area (Å²) in [7, 11) is 1.38. The minimum atomic E-state index is -2.91. The lowest BCUT2D eigenvalue weighted by Crippen LogP contribution is -2.04. The van der Waals surface area contributed by atoms with Crippen LogP contribution >= 0.6 is 11.3 Å². The summed E-state index contributed by atoms with van der Waals surface area (Å²) < 4.78 is 34.0. The van der Waals surface area contributed by atoms with Crippen molar-refractivity contribution in [1.29, 1.82) is 5.26 Å². The zero-order valence-electron chi connectivity index (χ0n) is 11.1. The van der Waals surface area contributed by atoms with Gasteiger partial charge in [-0.2, -0.15) is 14.0 Å². The number of anilines is 1. The van der Waals surface area contributed by atoms with E-state index in [1.165, 1.54) is 24.5 Å². The van der Waals surface area contributed by atoms with Gasteiger partial charge >= 0.3 is 6.61 Å². The fourth-order valence-electron chi connectivity index (χ4n) is 1.70. The van der Waals surface area contributed by atoms with Crippen LogP contribution in [-0.2, 0) is 6.54 Å². The lowest BCUT2D eigenvalue weighted by molar-refractivity contribution is -0.0511. The van der Waals surface area contributed by atoms with Crippen molar-refractivity contribution in [3.8, 4) is 17.6 Å². The van der Waals surface area contributed by atoms with Crippen LogP contribution in [0.1, 0.15) is 9.75 Å². The second-order valence-electron chi connectivity index (χ2n) is 3.98. The van der Waals surface area contributed by atoms with Crippen molar-refractivity contribution < 1.29 is 18.3 Å². The van der Waals surface area contributed by atoms with E-state index in [2.05, 4.69) is 16.1 Å². The third-order valence-corrected chi connectivity index (χ3v) is 3.61. The smallest absolute Gasteiger partial charge is 0.387 e. The lowest BCUT2D eigenvalue weighted by Gasteiger charge is -2.12. The predicted molar refractivity (Wildman–Crippen MR) is 76.0 cm³/mol. The zero-order valence-corrected chi connectivity index (χ0v) is 11.9. The number of nitrogens with one attached hydrogen (secondary N) is 1. The Hall–Kier alpha value is -2.33. The predicted octanol–water partition coefficient (Wildman–Crippen LogP) is 3.84. The van der Waals surface area contributed by atoms with Crippen LogP contribution in [0.25, 0.3) is 0 Å². The maximum absolute atomic E-state index is 12.3. The largest absolute Gasteiger partial charge is 0.493 e. The molecule has 1 aromatic heterocycles. The van der Waals surface area contributed by atoms with Crippen LogP contribution in [0.3, 0.4) is 0 Å². The van der Waals surface area contributed by atoms with Gasteiger partial charge in [-0.1, -0.05) is 0 Å². The number of alkyl halides is 2. The van der Waals surface area contributed by atoms with Gasteiger partial charge in [-0.25, -0.2) is 0 Å². The molecular weight excluding hydrogens is 298 g/mol. The normalized spacial score (nSPS) is 10.2. The van der Waals surface area contributed by atoms with E-state index in [4.69, 9.17) is 10.00 Å². The van der Waals surface area contributed by atoms with Gasteiger partial charge in [0, 0.05) is 23.2 Å². The van der Waals surface area contributed by atoms with Crippen LogP contribution in [-0.4, -0.2) is 13.7 Å². The van der Waals surface area contributed by atoms with Gasteiger partial charge < -0.3 is 14.8 Å². The summed E-state index contributed by atoms with van der Waals surface area (Å²) in [6.45, 7) is -2.42. The quantitative estimate of drug-likeness (QED) is 0.880. The first-order valence-corrected chi connectivity index (χ1v) is 6.79. The molecule has 2 aromatic rings. The Kier molecular flexibility index (Phi) is 4.95. The number of hydrogen-bond donors (Lipinski definition) is 1. The van der Waals surface area contributed by atoms with Gasteiger partial charge in [0.15, 0.2) is 11.5 Å². The number of benzene rings is 1. The minimum Gasteiger partial charge on any atom is -0.493 e. The summed E-state index contributed by atoms with van der Waals surface area (Å²) in [4.78, 5) is 1.60. The van der Waals surface area contributed by atoms with Crippen LogP contribution in [0.15, 0.2) is 30.3 Å². The molecule has 7 heteroatoms. The Balaban J connectivity index is 2.07. The third kappa shape index (κ3) is 4.07. The van der Waals surface area contributed by atoms with Crippen molar-refractivity contribution in [3.05, 3.63) is 40.1 Å². The van der Waals surface area contributed by atoms with E-state index >= 15 is 0 Å². The fourth-order valence-corrected chi connectivity index (χ4v) is 2.44. The molecule has 0 aliphatic rings. The summed E-state index contributed by atoms with van der Waals surface area (Å²) in [5.41, 5.74) is 0.623. The molecule has 0 bridgehead atoms. The molecule has 0 amide bonds. The van der Waals surface area contributed by atoms with Gasteiger partial charge in [-0.05, 0) is 24.3 Å². The Morgan fingerprint density at radius 2 is 2.10 bits per heavy atom. The van der Waals surface area contributed by atoms with Crippen molar-refractivity contribution >= 4 is 17.0 Å². The van der Waals surface area contributed by atoms with Gasteiger partial charge in [0.2, 0.25) is 0 Å². The molecule has 110 valence electrons. The number of rotatable bonds is 6. The highest BCUT2D eigenvalue weighted by atomic mass is 32.1. The number of halogens is 2. The van der Waals surface area contributed by atoms with Gasteiger partial charge in [-0.15, -0.1) is 11.3 Å². The summed E-state index contributed by atoms with van der Waals surface area (Å²) in [6, 6.07) is 10.3. The van der Waals surface area contributed by atoms with Crippen molar-refractivity contribution in [3.63, 3.8) is 0 Å². The molecule has 1 aromatic carbocycles. The maximum atomic E-state index is 12.3. The highest BCUT2D eigenvalue weighted by molar-refractivity contribution is 7.12.